The van der Waals surface area contributed by atoms with Crippen LogP contribution in [0.15, 0.2) is 53.4 Å². The molecule has 0 aliphatic carbocycles. The zero-order valence-electron chi connectivity index (χ0n) is 15.0. The van der Waals surface area contributed by atoms with E-state index < -0.39 is 0 Å². The lowest BCUT2D eigenvalue weighted by Gasteiger charge is -2.14. The number of hydrogen-bond acceptors (Lipinski definition) is 5. The summed E-state index contributed by atoms with van der Waals surface area (Å²) in [5.41, 5.74) is 1.42. The fourth-order valence-corrected chi connectivity index (χ4v) is 3.97. The van der Waals surface area contributed by atoms with Gasteiger partial charge in [0.2, 0.25) is 5.91 Å². The minimum atomic E-state index is -0.346. The molecule has 8 heteroatoms. The van der Waals surface area contributed by atoms with Gasteiger partial charge in [-0.05, 0) is 48.9 Å². The highest BCUT2D eigenvalue weighted by molar-refractivity contribution is 8.26. The highest BCUT2D eigenvalue weighted by Gasteiger charge is 2.33. The summed E-state index contributed by atoms with van der Waals surface area (Å²) >= 11 is 12.4. The molecule has 2 aromatic carbocycles. The van der Waals surface area contributed by atoms with Crippen LogP contribution in [0, 0.1) is 0 Å². The number of thiocarbonyl (C=S) groups is 1. The summed E-state index contributed by atoms with van der Waals surface area (Å²) in [6.45, 7) is 2.36. The summed E-state index contributed by atoms with van der Waals surface area (Å²) in [6.07, 6.45) is 1.75. The number of carbonyl (C=O) groups excluding carboxylic acids is 2. The van der Waals surface area contributed by atoms with Crippen LogP contribution in [-0.2, 0) is 9.59 Å². The Morgan fingerprint density at radius 2 is 2.04 bits per heavy atom. The van der Waals surface area contributed by atoms with Gasteiger partial charge < -0.3 is 10.1 Å². The van der Waals surface area contributed by atoms with Crippen LogP contribution in [0.1, 0.15) is 12.5 Å². The molecule has 0 atom stereocenters. The highest BCUT2D eigenvalue weighted by Crippen LogP contribution is 2.32. The first kappa shape index (κ1) is 20.4. The van der Waals surface area contributed by atoms with E-state index in [1.165, 1.54) is 16.7 Å². The van der Waals surface area contributed by atoms with Crippen LogP contribution < -0.4 is 10.1 Å². The van der Waals surface area contributed by atoms with Crippen molar-refractivity contribution in [3.63, 3.8) is 0 Å². The number of amides is 2. The number of thioether (sulfide) groups is 1. The van der Waals surface area contributed by atoms with Crippen molar-refractivity contribution in [1.29, 1.82) is 0 Å². The predicted octanol–water partition coefficient (Wildman–Crippen LogP) is 4.58. The molecule has 1 aliphatic rings. The van der Waals surface area contributed by atoms with Crippen molar-refractivity contribution in [2.45, 2.75) is 6.92 Å². The lowest BCUT2D eigenvalue weighted by Crippen LogP contribution is -2.36. The summed E-state index contributed by atoms with van der Waals surface area (Å²) in [6, 6.07) is 14.2. The summed E-state index contributed by atoms with van der Waals surface area (Å²) < 4.78 is 5.76. The first-order chi connectivity index (χ1) is 13.5. The zero-order chi connectivity index (χ0) is 20.1. The zero-order valence-corrected chi connectivity index (χ0v) is 17.4. The number of benzene rings is 2. The van der Waals surface area contributed by atoms with E-state index in [2.05, 4.69) is 5.32 Å². The van der Waals surface area contributed by atoms with E-state index in [-0.39, 0.29) is 18.4 Å². The maximum absolute atomic E-state index is 12.7. The second-order valence-corrected chi connectivity index (χ2v) is 7.94. The molecule has 1 heterocycles. The molecule has 144 valence electrons. The van der Waals surface area contributed by atoms with Crippen molar-refractivity contribution in [1.82, 2.24) is 4.90 Å². The van der Waals surface area contributed by atoms with E-state index in [0.29, 0.717) is 26.5 Å². The smallest absolute Gasteiger partial charge is 0.266 e. The van der Waals surface area contributed by atoms with Crippen LogP contribution in [0.3, 0.4) is 0 Å². The van der Waals surface area contributed by atoms with Crippen molar-refractivity contribution < 1.29 is 14.3 Å². The Hall–Kier alpha value is -2.35. The number of rotatable bonds is 6. The predicted molar refractivity (Wildman–Crippen MR) is 118 cm³/mol. The first-order valence-corrected chi connectivity index (χ1v) is 10.1. The molecule has 0 unspecified atom stereocenters. The van der Waals surface area contributed by atoms with Gasteiger partial charge in [0.1, 0.15) is 16.6 Å². The third kappa shape index (κ3) is 5.13. The summed E-state index contributed by atoms with van der Waals surface area (Å²) in [5.74, 6) is 0.135. The van der Waals surface area contributed by atoms with Crippen molar-refractivity contribution >= 4 is 63.5 Å². The maximum Gasteiger partial charge on any atom is 0.266 e. The van der Waals surface area contributed by atoms with Crippen LogP contribution in [-0.4, -0.2) is 34.2 Å². The van der Waals surface area contributed by atoms with Crippen molar-refractivity contribution in [3.05, 3.63) is 64.0 Å². The van der Waals surface area contributed by atoms with Crippen LogP contribution in [0.25, 0.3) is 6.08 Å². The third-order valence-electron chi connectivity index (χ3n) is 3.77. The van der Waals surface area contributed by atoms with Gasteiger partial charge in [-0.3, -0.25) is 14.5 Å². The van der Waals surface area contributed by atoms with E-state index >= 15 is 0 Å². The molecular weight excluding hydrogens is 416 g/mol. The van der Waals surface area contributed by atoms with Crippen LogP contribution >= 0.6 is 35.6 Å². The average Bonchev–Trinajstić information content (AvgIpc) is 2.91. The SMILES string of the molecule is CCOc1ccc(/C=C2\SC(=S)N(CC(=O)Nc3cccc(Cl)c3)C2=O)cc1. The lowest BCUT2D eigenvalue weighted by molar-refractivity contribution is -0.126. The summed E-state index contributed by atoms with van der Waals surface area (Å²) in [4.78, 5) is 26.7. The average molecular weight is 433 g/mol. The lowest BCUT2D eigenvalue weighted by atomic mass is 10.2. The molecule has 0 aromatic heterocycles. The number of halogens is 1. The normalized spacial score (nSPS) is 15.2. The van der Waals surface area contributed by atoms with Crippen molar-refractivity contribution in [3.8, 4) is 5.75 Å². The van der Waals surface area contributed by atoms with Gasteiger partial charge in [-0.2, -0.15) is 0 Å². The Kier molecular flexibility index (Phi) is 6.72. The Morgan fingerprint density at radius 3 is 2.71 bits per heavy atom. The Labute approximate surface area is 177 Å². The van der Waals surface area contributed by atoms with Gasteiger partial charge in [-0.15, -0.1) is 0 Å². The minimum Gasteiger partial charge on any atom is -0.494 e. The standard InChI is InChI=1S/C20H17ClN2O3S2/c1-2-26-16-8-6-13(7-9-16)10-17-19(25)23(20(27)28-17)12-18(24)22-15-5-3-4-14(21)11-15/h3-11H,2,12H2,1H3,(H,22,24)/b17-10-. The molecule has 1 fully saturated rings. The van der Waals surface area contributed by atoms with E-state index in [1.807, 2.05) is 31.2 Å². The number of nitrogens with zero attached hydrogens (tertiary/aromatic N) is 1. The van der Waals surface area contributed by atoms with E-state index in [0.717, 1.165) is 11.3 Å². The van der Waals surface area contributed by atoms with Crippen molar-refractivity contribution in [2.75, 3.05) is 18.5 Å². The second kappa shape index (κ2) is 9.23. The topological polar surface area (TPSA) is 58.6 Å². The molecule has 2 aromatic rings. The summed E-state index contributed by atoms with van der Waals surface area (Å²) in [7, 11) is 0. The fraction of sp³-hybridized carbons (Fsp3) is 0.150. The molecule has 1 aliphatic heterocycles. The van der Waals surface area contributed by atoms with Crippen LogP contribution in [0.4, 0.5) is 5.69 Å². The van der Waals surface area contributed by atoms with Crippen LogP contribution in [0.2, 0.25) is 5.02 Å². The number of ether oxygens (including phenoxy) is 1. The Balaban J connectivity index is 1.66. The minimum absolute atomic E-state index is 0.155. The maximum atomic E-state index is 12.7. The van der Waals surface area contributed by atoms with Gasteiger partial charge >= 0.3 is 0 Å². The molecule has 28 heavy (non-hydrogen) atoms. The molecule has 0 saturated carbocycles. The number of carbonyl (C=O) groups is 2. The number of nitrogens with one attached hydrogen (secondary N) is 1. The van der Waals surface area contributed by atoms with Gasteiger partial charge in [0, 0.05) is 10.7 Å². The quantitative estimate of drug-likeness (QED) is 0.535. The van der Waals surface area contributed by atoms with Crippen molar-refractivity contribution in [2.24, 2.45) is 0 Å². The number of hydrogen-bond donors (Lipinski definition) is 1. The van der Waals surface area contributed by atoms with Gasteiger partial charge in [-0.1, -0.05) is 53.8 Å². The van der Waals surface area contributed by atoms with Crippen LogP contribution in [0.5, 0.6) is 5.75 Å². The molecule has 3 rings (SSSR count). The molecule has 2 amide bonds. The van der Waals surface area contributed by atoms with E-state index in [9.17, 15) is 9.59 Å². The molecule has 0 radical (unpaired) electrons. The molecule has 0 spiro atoms. The first-order valence-electron chi connectivity index (χ1n) is 8.50. The molecule has 0 bridgehead atoms. The molecular formula is C20H17ClN2O3S2. The molecule has 5 nitrogen and oxygen atoms in total. The van der Waals surface area contributed by atoms with Gasteiger partial charge in [-0.25, -0.2) is 0 Å². The van der Waals surface area contributed by atoms with E-state index in [1.54, 1.807) is 30.3 Å². The molecule has 1 saturated heterocycles. The summed E-state index contributed by atoms with van der Waals surface area (Å²) in [5, 5.41) is 3.23. The fourth-order valence-electron chi connectivity index (χ4n) is 2.52. The number of anilines is 1. The molecule has 1 N–H and O–H groups in total. The van der Waals surface area contributed by atoms with Gasteiger partial charge in [0.15, 0.2) is 0 Å². The largest absolute Gasteiger partial charge is 0.494 e. The second-order valence-electron chi connectivity index (χ2n) is 5.83. The van der Waals surface area contributed by atoms with Gasteiger partial charge in [0.25, 0.3) is 5.91 Å². The Bertz CT molecular complexity index is 945. The van der Waals surface area contributed by atoms with Gasteiger partial charge in [0.05, 0.1) is 11.5 Å². The third-order valence-corrected chi connectivity index (χ3v) is 5.39. The Morgan fingerprint density at radius 1 is 1.29 bits per heavy atom. The monoisotopic (exact) mass is 432 g/mol. The van der Waals surface area contributed by atoms with E-state index in [4.69, 9.17) is 28.6 Å². The highest BCUT2D eigenvalue weighted by atomic mass is 35.5.